The highest BCUT2D eigenvalue weighted by Gasteiger charge is 2.22. The Morgan fingerprint density at radius 1 is 1.53 bits per heavy atom. The van der Waals surface area contributed by atoms with Gasteiger partial charge in [0.25, 0.3) is 0 Å². The first-order chi connectivity index (χ1) is 9.04. The SMILES string of the molecule is CC(O)c1cccc(NC(=O)NC2CNC(=O)C2)c1. The minimum atomic E-state index is -0.582. The predicted molar refractivity (Wildman–Crippen MR) is 70.6 cm³/mol. The first-order valence-corrected chi connectivity index (χ1v) is 6.17. The molecule has 0 aromatic heterocycles. The number of rotatable bonds is 3. The Labute approximate surface area is 111 Å². The summed E-state index contributed by atoms with van der Waals surface area (Å²) in [5.74, 6) is -0.0543. The predicted octanol–water partition coefficient (Wildman–Crippen LogP) is 0.750. The zero-order valence-electron chi connectivity index (χ0n) is 10.6. The topological polar surface area (TPSA) is 90.5 Å². The smallest absolute Gasteiger partial charge is 0.319 e. The minimum Gasteiger partial charge on any atom is -0.389 e. The van der Waals surface area contributed by atoms with Crippen LogP contribution in [-0.4, -0.2) is 29.6 Å². The van der Waals surface area contributed by atoms with E-state index in [0.717, 1.165) is 5.56 Å². The summed E-state index contributed by atoms with van der Waals surface area (Å²) in [5.41, 5.74) is 1.34. The van der Waals surface area contributed by atoms with E-state index < -0.39 is 6.10 Å². The van der Waals surface area contributed by atoms with Gasteiger partial charge in [-0.1, -0.05) is 12.1 Å². The molecule has 0 spiro atoms. The summed E-state index contributed by atoms with van der Waals surface area (Å²) >= 11 is 0. The van der Waals surface area contributed by atoms with Crippen molar-refractivity contribution in [3.63, 3.8) is 0 Å². The average molecular weight is 263 g/mol. The van der Waals surface area contributed by atoms with E-state index in [0.29, 0.717) is 18.7 Å². The number of anilines is 1. The van der Waals surface area contributed by atoms with Gasteiger partial charge in [-0.05, 0) is 24.6 Å². The van der Waals surface area contributed by atoms with Crippen molar-refractivity contribution >= 4 is 17.6 Å². The van der Waals surface area contributed by atoms with Crippen molar-refractivity contribution in [2.75, 3.05) is 11.9 Å². The standard InChI is InChI=1S/C13H17N3O3/c1-8(17)9-3-2-4-10(5-9)15-13(19)16-11-6-12(18)14-7-11/h2-5,8,11,17H,6-7H2,1H3,(H,14,18)(H2,15,16,19). The molecule has 1 aliphatic heterocycles. The molecule has 1 aromatic carbocycles. The molecular weight excluding hydrogens is 246 g/mol. The van der Waals surface area contributed by atoms with Crippen molar-refractivity contribution in [2.45, 2.75) is 25.5 Å². The highest BCUT2D eigenvalue weighted by atomic mass is 16.3. The molecule has 1 aliphatic rings. The maximum Gasteiger partial charge on any atom is 0.319 e. The van der Waals surface area contributed by atoms with Crippen LogP contribution in [0, 0.1) is 0 Å². The Balaban J connectivity index is 1.91. The fourth-order valence-electron chi connectivity index (χ4n) is 1.94. The van der Waals surface area contributed by atoms with Gasteiger partial charge in [0.15, 0.2) is 0 Å². The van der Waals surface area contributed by atoms with Crippen molar-refractivity contribution in [1.29, 1.82) is 0 Å². The summed E-state index contributed by atoms with van der Waals surface area (Å²) in [5, 5.41) is 17.5. The Morgan fingerprint density at radius 3 is 2.95 bits per heavy atom. The number of carbonyl (C=O) groups excluding carboxylic acids is 2. The van der Waals surface area contributed by atoms with E-state index in [4.69, 9.17) is 0 Å². The summed E-state index contributed by atoms with van der Waals surface area (Å²) in [4.78, 5) is 22.7. The van der Waals surface area contributed by atoms with Crippen molar-refractivity contribution in [3.8, 4) is 0 Å². The molecule has 0 bridgehead atoms. The number of carbonyl (C=O) groups is 2. The van der Waals surface area contributed by atoms with Gasteiger partial charge in [-0.2, -0.15) is 0 Å². The van der Waals surface area contributed by atoms with Crippen molar-refractivity contribution in [3.05, 3.63) is 29.8 Å². The molecule has 0 saturated carbocycles. The number of aliphatic hydroxyl groups is 1. The van der Waals surface area contributed by atoms with Crippen LogP contribution < -0.4 is 16.0 Å². The normalized spacial score (nSPS) is 19.7. The number of hydrogen-bond acceptors (Lipinski definition) is 3. The van der Waals surface area contributed by atoms with E-state index in [9.17, 15) is 14.7 Å². The molecule has 1 saturated heterocycles. The molecule has 1 fully saturated rings. The highest BCUT2D eigenvalue weighted by Crippen LogP contribution is 2.16. The number of hydrogen-bond donors (Lipinski definition) is 4. The number of nitrogens with one attached hydrogen (secondary N) is 3. The number of urea groups is 1. The van der Waals surface area contributed by atoms with Gasteiger partial charge in [0, 0.05) is 18.7 Å². The van der Waals surface area contributed by atoms with Gasteiger partial charge < -0.3 is 21.1 Å². The lowest BCUT2D eigenvalue weighted by Gasteiger charge is -2.13. The van der Waals surface area contributed by atoms with E-state index in [1.54, 1.807) is 31.2 Å². The highest BCUT2D eigenvalue weighted by molar-refractivity contribution is 5.90. The van der Waals surface area contributed by atoms with E-state index >= 15 is 0 Å². The quantitative estimate of drug-likeness (QED) is 0.648. The monoisotopic (exact) mass is 263 g/mol. The maximum atomic E-state index is 11.7. The molecule has 102 valence electrons. The van der Waals surface area contributed by atoms with Gasteiger partial charge in [-0.3, -0.25) is 4.79 Å². The first-order valence-electron chi connectivity index (χ1n) is 6.17. The van der Waals surface area contributed by atoms with Gasteiger partial charge >= 0.3 is 6.03 Å². The third-order valence-corrected chi connectivity index (χ3v) is 2.94. The van der Waals surface area contributed by atoms with E-state index in [1.165, 1.54) is 0 Å². The van der Waals surface area contributed by atoms with Crippen LogP contribution in [0.25, 0.3) is 0 Å². The van der Waals surface area contributed by atoms with Gasteiger partial charge in [-0.15, -0.1) is 0 Å². The Kier molecular flexibility index (Phi) is 4.01. The molecule has 2 rings (SSSR count). The summed E-state index contributed by atoms with van der Waals surface area (Å²) < 4.78 is 0. The Morgan fingerprint density at radius 2 is 2.32 bits per heavy atom. The summed E-state index contributed by atoms with van der Waals surface area (Å²) in [7, 11) is 0. The van der Waals surface area contributed by atoms with E-state index in [1.807, 2.05) is 0 Å². The fourth-order valence-corrected chi connectivity index (χ4v) is 1.94. The fraction of sp³-hybridized carbons (Fsp3) is 0.385. The molecule has 0 aliphatic carbocycles. The third-order valence-electron chi connectivity index (χ3n) is 2.94. The molecule has 2 unspecified atom stereocenters. The lowest BCUT2D eigenvalue weighted by Crippen LogP contribution is -2.39. The third kappa shape index (κ3) is 3.69. The zero-order valence-corrected chi connectivity index (χ0v) is 10.6. The van der Waals surface area contributed by atoms with E-state index in [2.05, 4.69) is 16.0 Å². The van der Waals surface area contributed by atoms with Crippen LogP contribution in [0.2, 0.25) is 0 Å². The summed E-state index contributed by atoms with van der Waals surface area (Å²) in [6.45, 7) is 2.12. The van der Waals surface area contributed by atoms with Crippen molar-refractivity contribution in [1.82, 2.24) is 10.6 Å². The van der Waals surface area contributed by atoms with Crippen LogP contribution >= 0.6 is 0 Å². The molecule has 1 heterocycles. The minimum absolute atomic E-state index is 0.0543. The van der Waals surface area contributed by atoms with Crippen LogP contribution in [0.3, 0.4) is 0 Å². The van der Waals surface area contributed by atoms with Crippen LogP contribution in [0.15, 0.2) is 24.3 Å². The number of benzene rings is 1. The van der Waals surface area contributed by atoms with Crippen molar-refractivity contribution < 1.29 is 14.7 Å². The van der Waals surface area contributed by atoms with Gasteiger partial charge in [0.2, 0.25) is 5.91 Å². The zero-order chi connectivity index (χ0) is 13.8. The van der Waals surface area contributed by atoms with Crippen LogP contribution in [-0.2, 0) is 4.79 Å². The molecule has 19 heavy (non-hydrogen) atoms. The molecule has 0 radical (unpaired) electrons. The van der Waals surface area contributed by atoms with Crippen LogP contribution in [0.5, 0.6) is 0 Å². The molecular formula is C13H17N3O3. The molecule has 2 atom stereocenters. The van der Waals surface area contributed by atoms with E-state index in [-0.39, 0.29) is 18.0 Å². The molecule has 4 N–H and O–H groups in total. The average Bonchev–Trinajstić information content (AvgIpc) is 2.74. The molecule has 3 amide bonds. The molecule has 6 heteroatoms. The second kappa shape index (κ2) is 5.71. The molecule has 1 aromatic rings. The van der Waals surface area contributed by atoms with Crippen LogP contribution in [0.4, 0.5) is 10.5 Å². The Bertz CT molecular complexity index is 488. The summed E-state index contributed by atoms with van der Waals surface area (Å²) in [6.07, 6.45) is -0.275. The first kappa shape index (κ1) is 13.4. The Hall–Kier alpha value is -2.08. The number of amides is 3. The second-order valence-electron chi connectivity index (χ2n) is 4.61. The second-order valence-corrected chi connectivity index (χ2v) is 4.61. The van der Waals surface area contributed by atoms with Gasteiger partial charge in [-0.25, -0.2) is 4.79 Å². The lowest BCUT2D eigenvalue weighted by atomic mass is 10.1. The maximum absolute atomic E-state index is 11.7. The van der Waals surface area contributed by atoms with Gasteiger partial charge in [0.1, 0.15) is 0 Å². The lowest BCUT2D eigenvalue weighted by molar-refractivity contribution is -0.119. The van der Waals surface area contributed by atoms with Crippen LogP contribution in [0.1, 0.15) is 25.0 Å². The summed E-state index contributed by atoms with van der Waals surface area (Å²) in [6, 6.07) is 6.47. The van der Waals surface area contributed by atoms with Gasteiger partial charge in [0.05, 0.1) is 12.1 Å². The number of aliphatic hydroxyl groups excluding tert-OH is 1. The van der Waals surface area contributed by atoms with Crippen molar-refractivity contribution in [2.24, 2.45) is 0 Å². The molecule has 6 nitrogen and oxygen atoms in total. The largest absolute Gasteiger partial charge is 0.389 e.